The second-order valence-electron chi connectivity index (χ2n) is 7.02. The first-order chi connectivity index (χ1) is 15.6. The quantitative estimate of drug-likeness (QED) is 0.372. The highest BCUT2D eigenvalue weighted by atomic mass is 32.1. The molecule has 0 unspecified atom stereocenters. The summed E-state index contributed by atoms with van der Waals surface area (Å²) in [7, 11) is 3.18. The fourth-order valence-corrected chi connectivity index (χ4v) is 4.43. The first-order valence-electron chi connectivity index (χ1n) is 10.0. The number of ether oxygens (including phenoxy) is 3. The maximum atomic E-state index is 12.7. The number of aromatic nitrogens is 2. The molecule has 7 nitrogen and oxygen atoms in total. The van der Waals surface area contributed by atoms with E-state index in [9.17, 15) is 4.79 Å². The summed E-state index contributed by atoms with van der Waals surface area (Å²) in [4.78, 5) is 22.7. The Bertz CT molecular complexity index is 1240. The van der Waals surface area contributed by atoms with Gasteiger partial charge in [-0.3, -0.25) is 0 Å². The van der Waals surface area contributed by atoms with Crippen molar-refractivity contribution >= 4 is 39.0 Å². The number of hydrogen-bond acceptors (Lipinski definition) is 8. The number of anilines is 2. The molecular weight excluding hydrogens is 426 g/mol. The average molecular weight is 450 g/mol. The average Bonchev–Trinajstić information content (AvgIpc) is 3.17. The number of rotatable bonds is 8. The van der Waals surface area contributed by atoms with Crippen molar-refractivity contribution in [3.05, 3.63) is 70.9 Å². The molecule has 8 heteroatoms. The molecule has 0 saturated heterocycles. The fraction of sp³-hybridized carbons (Fsp3) is 0.208. The topological polar surface area (TPSA) is 82.6 Å². The number of nitrogens with one attached hydrogen (secondary N) is 1. The number of thiophene rings is 1. The van der Waals surface area contributed by atoms with Crippen LogP contribution in [0.25, 0.3) is 10.2 Å². The van der Waals surface area contributed by atoms with Gasteiger partial charge >= 0.3 is 5.97 Å². The lowest BCUT2D eigenvalue weighted by Crippen LogP contribution is -2.07. The molecule has 0 bridgehead atoms. The molecule has 4 rings (SSSR count). The number of fused-ring (bicyclic) bond motifs is 1. The van der Waals surface area contributed by atoms with Crippen LogP contribution in [0, 0.1) is 6.92 Å². The Balaban J connectivity index is 1.55. The highest BCUT2D eigenvalue weighted by molar-refractivity contribution is 7.20. The molecule has 0 aliphatic carbocycles. The van der Waals surface area contributed by atoms with E-state index in [4.69, 9.17) is 14.2 Å². The zero-order chi connectivity index (χ0) is 22.5. The van der Waals surface area contributed by atoms with E-state index in [-0.39, 0.29) is 5.97 Å². The van der Waals surface area contributed by atoms with Gasteiger partial charge in [0.05, 0.1) is 26.2 Å². The van der Waals surface area contributed by atoms with Crippen molar-refractivity contribution in [1.29, 1.82) is 0 Å². The van der Waals surface area contributed by atoms with Gasteiger partial charge in [-0.2, -0.15) is 0 Å². The van der Waals surface area contributed by atoms with Gasteiger partial charge in [0, 0.05) is 18.2 Å². The van der Waals surface area contributed by atoms with Crippen molar-refractivity contribution < 1.29 is 19.0 Å². The molecular formula is C24H23N3O4S. The minimum atomic E-state index is -0.349. The van der Waals surface area contributed by atoms with Crippen LogP contribution in [0.1, 0.15) is 20.8 Å². The molecule has 0 amide bonds. The van der Waals surface area contributed by atoms with E-state index in [1.807, 2.05) is 55.5 Å². The first-order valence-corrected chi connectivity index (χ1v) is 10.9. The number of methoxy groups -OCH3 is 2. The van der Waals surface area contributed by atoms with Gasteiger partial charge in [0.2, 0.25) is 0 Å². The summed E-state index contributed by atoms with van der Waals surface area (Å²) >= 11 is 1.31. The van der Waals surface area contributed by atoms with Crippen LogP contribution < -0.4 is 14.8 Å². The molecule has 0 saturated carbocycles. The minimum Gasteiger partial charge on any atom is -0.493 e. The van der Waals surface area contributed by atoms with Gasteiger partial charge in [-0.25, -0.2) is 14.8 Å². The third-order valence-corrected chi connectivity index (χ3v) is 6.21. The van der Waals surface area contributed by atoms with E-state index < -0.39 is 0 Å². The Morgan fingerprint density at radius 3 is 2.56 bits per heavy atom. The predicted molar refractivity (Wildman–Crippen MR) is 125 cm³/mol. The number of nitrogens with zero attached hydrogens (tertiary/aromatic N) is 2. The number of benzene rings is 2. The van der Waals surface area contributed by atoms with Crippen LogP contribution in [0.5, 0.6) is 11.5 Å². The van der Waals surface area contributed by atoms with Crippen LogP contribution in [0.3, 0.4) is 0 Å². The molecule has 2 aromatic heterocycles. The molecule has 2 aromatic carbocycles. The molecule has 0 atom stereocenters. The van der Waals surface area contributed by atoms with Crippen LogP contribution in [-0.2, 0) is 11.2 Å². The Morgan fingerprint density at radius 2 is 1.81 bits per heavy atom. The zero-order valence-corrected chi connectivity index (χ0v) is 18.9. The largest absolute Gasteiger partial charge is 0.493 e. The third-order valence-electron chi connectivity index (χ3n) is 5.03. The normalized spacial score (nSPS) is 10.7. The molecule has 4 aromatic rings. The van der Waals surface area contributed by atoms with Gasteiger partial charge < -0.3 is 19.5 Å². The maximum absolute atomic E-state index is 12.7. The van der Waals surface area contributed by atoms with E-state index in [0.717, 1.165) is 27.0 Å². The molecule has 0 radical (unpaired) electrons. The highest BCUT2D eigenvalue weighted by Crippen LogP contribution is 2.36. The van der Waals surface area contributed by atoms with E-state index in [1.54, 1.807) is 14.2 Å². The lowest BCUT2D eigenvalue weighted by molar-refractivity contribution is 0.0514. The molecule has 0 aliphatic rings. The summed E-state index contributed by atoms with van der Waals surface area (Å²) in [6, 6.07) is 15.4. The van der Waals surface area contributed by atoms with Crippen molar-refractivity contribution in [2.45, 2.75) is 13.3 Å². The Labute approximate surface area is 190 Å². The van der Waals surface area contributed by atoms with Crippen LogP contribution in [0.4, 0.5) is 11.5 Å². The fourth-order valence-electron chi connectivity index (χ4n) is 3.38. The predicted octanol–water partition coefficient (Wildman–Crippen LogP) is 5.16. The van der Waals surface area contributed by atoms with Gasteiger partial charge in [0.25, 0.3) is 0 Å². The standard InChI is InChI=1S/C24H23N3O4S/c1-15-20-22(27-17-9-10-18(29-2)19(13-17)30-3)25-14-26-23(20)32-21(15)24(28)31-12-11-16-7-5-4-6-8-16/h4-10,13-14H,11-12H2,1-3H3,(H,25,26,27). The Kier molecular flexibility index (Phi) is 6.51. The minimum absolute atomic E-state index is 0.318. The lowest BCUT2D eigenvalue weighted by Gasteiger charge is -2.11. The zero-order valence-electron chi connectivity index (χ0n) is 18.0. The Morgan fingerprint density at radius 1 is 1.03 bits per heavy atom. The SMILES string of the molecule is COc1ccc(Nc2ncnc3sc(C(=O)OCCc4ccccc4)c(C)c23)cc1OC. The molecule has 0 aliphatic heterocycles. The number of carbonyl (C=O) groups excluding carboxylic acids is 1. The summed E-state index contributed by atoms with van der Waals surface area (Å²) in [5.41, 5.74) is 2.69. The van der Waals surface area contributed by atoms with E-state index in [1.165, 1.54) is 17.7 Å². The van der Waals surface area contributed by atoms with Crippen LogP contribution in [-0.4, -0.2) is 36.8 Å². The van der Waals surface area contributed by atoms with Gasteiger partial charge in [0.15, 0.2) is 11.5 Å². The lowest BCUT2D eigenvalue weighted by atomic mass is 10.2. The van der Waals surface area contributed by atoms with Crippen LogP contribution in [0.15, 0.2) is 54.9 Å². The molecule has 32 heavy (non-hydrogen) atoms. The maximum Gasteiger partial charge on any atom is 0.348 e. The van der Waals surface area contributed by atoms with E-state index >= 15 is 0 Å². The first kappa shape index (κ1) is 21.6. The summed E-state index contributed by atoms with van der Waals surface area (Å²) in [6.07, 6.45) is 2.15. The van der Waals surface area contributed by atoms with Crippen LogP contribution >= 0.6 is 11.3 Å². The highest BCUT2D eigenvalue weighted by Gasteiger charge is 2.20. The summed E-state index contributed by atoms with van der Waals surface area (Å²) in [5.74, 6) is 1.50. The smallest absolute Gasteiger partial charge is 0.348 e. The molecule has 0 spiro atoms. The summed E-state index contributed by atoms with van der Waals surface area (Å²) < 4.78 is 16.2. The second kappa shape index (κ2) is 9.65. The van der Waals surface area contributed by atoms with Crippen molar-refractivity contribution in [3.63, 3.8) is 0 Å². The van der Waals surface area contributed by atoms with E-state index in [2.05, 4.69) is 15.3 Å². The monoisotopic (exact) mass is 449 g/mol. The summed E-state index contributed by atoms with van der Waals surface area (Å²) in [5, 5.41) is 4.09. The van der Waals surface area contributed by atoms with Crippen molar-refractivity contribution in [2.24, 2.45) is 0 Å². The Hall–Kier alpha value is -3.65. The molecule has 164 valence electrons. The molecule has 2 heterocycles. The van der Waals surface area contributed by atoms with Gasteiger partial charge in [-0.1, -0.05) is 30.3 Å². The van der Waals surface area contributed by atoms with Gasteiger partial charge in [-0.05, 0) is 30.2 Å². The third kappa shape index (κ3) is 4.50. The molecule has 0 fully saturated rings. The summed E-state index contributed by atoms with van der Waals surface area (Å²) in [6.45, 7) is 2.20. The van der Waals surface area contributed by atoms with Crippen LogP contribution in [0.2, 0.25) is 0 Å². The van der Waals surface area contributed by atoms with Crippen molar-refractivity contribution in [1.82, 2.24) is 9.97 Å². The van der Waals surface area contributed by atoms with Crippen molar-refractivity contribution in [2.75, 3.05) is 26.1 Å². The van der Waals surface area contributed by atoms with Gasteiger partial charge in [0.1, 0.15) is 21.9 Å². The number of aryl methyl sites for hydroxylation is 1. The second-order valence-corrected chi connectivity index (χ2v) is 8.02. The molecule has 1 N–H and O–H groups in total. The number of hydrogen-bond donors (Lipinski definition) is 1. The van der Waals surface area contributed by atoms with Gasteiger partial charge in [-0.15, -0.1) is 11.3 Å². The van der Waals surface area contributed by atoms with E-state index in [0.29, 0.717) is 35.2 Å². The number of esters is 1. The number of carbonyl (C=O) groups is 1. The van der Waals surface area contributed by atoms with Crippen molar-refractivity contribution in [3.8, 4) is 11.5 Å².